The van der Waals surface area contributed by atoms with Crippen LogP contribution in [0.4, 0.5) is 11.4 Å². The van der Waals surface area contributed by atoms with Crippen LogP contribution in [0.15, 0.2) is 103 Å². The molecule has 26 heavy (non-hydrogen) atoms. The number of hydrogen-bond acceptors (Lipinski definition) is 1. The molecule has 0 bridgehead atoms. The quantitative estimate of drug-likeness (QED) is 0.501. The Morgan fingerprint density at radius 1 is 0.654 bits per heavy atom. The van der Waals surface area contributed by atoms with Crippen molar-refractivity contribution in [3.05, 3.63) is 114 Å². The van der Waals surface area contributed by atoms with Crippen LogP contribution in [0, 0.1) is 6.92 Å². The third-order valence-electron chi connectivity index (χ3n) is 4.83. The van der Waals surface area contributed by atoms with Crippen LogP contribution in [0.2, 0.25) is 0 Å². The monoisotopic (exact) mass is 337 g/mol. The number of anilines is 2. The minimum atomic E-state index is 1.03. The van der Waals surface area contributed by atoms with Crippen LogP contribution in [0.3, 0.4) is 0 Å². The van der Waals surface area contributed by atoms with Gasteiger partial charge in [0.2, 0.25) is 0 Å². The lowest BCUT2D eigenvalue weighted by Crippen LogP contribution is -2.17. The predicted molar refractivity (Wildman–Crippen MR) is 111 cm³/mol. The van der Waals surface area contributed by atoms with Gasteiger partial charge in [-0.15, -0.1) is 0 Å². The van der Waals surface area contributed by atoms with E-state index >= 15 is 0 Å². The van der Waals surface area contributed by atoms with Crippen LogP contribution in [0.5, 0.6) is 0 Å². The number of nitrogens with zero attached hydrogens (tertiary/aromatic N) is 1. The molecule has 0 saturated heterocycles. The molecule has 0 radical (unpaired) electrons. The van der Waals surface area contributed by atoms with E-state index in [1.165, 1.54) is 33.8 Å². The smallest absolute Gasteiger partial charge is 0.0458 e. The molecule has 0 saturated carbocycles. The molecule has 0 amide bonds. The van der Waals surface area contributed by atoms with Gasteiger partial charge >= 0.3 is 0 Å². The molecular weight excluding hydrogens is 314 g/mol. The lowest BCUT2D eigenvalue weighted by molar-refractivity contribution is 0.930. The Morgan fingerprint density at radius 2 is 1.31 bits per heavy atom. The van der Waals surface area contributed by atoms with E-state index in [0.29, 0.717) is 0 Å². The van der Waals surface area contributed by atoms with Gasteiger partial charge in [0.05, 0.1) is 0 Å². The molecular formula is C25H23N. The second kappa shape index (κ2) is 7.45. The van der Waals surface area contributed by atoms with Crippen molar-refractivity contribution in [2.45, 2.75) is 19.8 Å². The Labute approximate surface area is 155 Å². The summed E-state index contributed by atoms with van der Waals surface area (Å²) in [5.74, 6) is 0. The standard InChI is InChI=1S/C25H23N/c1-20-9-8-10-22(19-20)21-15-17-25(18-16-21)26(23-11-4-2-5-12-23)24-13-6-3-7-14-24/h2-15,17,19H,16,18H2,1H3. The molecule has 3 aromatic rings. The van der Waals surface area contributed by atoms with Crippen LogP contribution in [0.25, 0.3) is 5.57 Å². The largest absolute Gasteiger partial charge is 0.314 e. The first-order valence-electron chi connectivity index (χ1n) is 9.18. The van der Waals surface area contributed by atoms with Gasteiger partial charge in [0.1, 0.15) is 0 Å². The highest BCUT2D eigenvalue weighted by molar-refractivity contribution is 5.73. The minimum absolute atomic E-state index is 1.03. The fraction of sp³-hybridized carbons (Fsp3) is 0.120. The Balaban J connectivity index is 1.71. The van der Waals surface area contributed by atoms with E-state index in [1.807, 2.05) is 0 Å². The first-order valence-corrected chi connectivity index (χ1v) is 9.18. The predicted octanol–water partition coefficient (Wildman–Crippen LogP) is 6.89. The maximum atomic E-state index is 2.36. The molecule has 1 aliphatic carbocycles. The first kappa shape index (κ1) is 16.4. The molecule has 0 atom stereocenters. The number of benzene rings is 3. The van der Waals surface area contributed by atoms with Gasteiger partial charge in [-0.25, -0.2) is 0 Å². The summed E-state index contributed by atoms with van der Waals surface area (Å²) in [6.07, 6.45) is 6.66. The average molecular weight is 337 g/mol. The van der Waals surface area contributed by atoms with E-state index in [-0.39, 0.29) is 0 Å². The van der Waals surface area contributed by atoms with Crippen LogP contribution in [-0.2, 0) is 0 Å². The fourth-order valence-corrected chi connectivity index (χ4v) is 3.53. The molecule has 3 aromatic carbocycles. The zero-order chi connectivity index (χ0) is 17.8. The first-order chi connectivity index (χ1) is 12.8. The Kier molecular flexibility index (Phi) is 4.70. The summed E-state index contributed by atoms with van der Waals surface area (Å²) in [6, 6.07) is 30.0. The van der Waals surface area contributed by atoms with E-state index < -0.39 is 0 Å². The van der Waals surface area contributed by atoms with Crippen molar-refractivity contribution in [3.63, 3.8) is 0 Å². The van der Waals surface area contributed by atoms with Gasteiger partial charge in [-0.3, -0.25) is 0 Å². The molecule has 128 valence electrons. The molecule has 1 aliphatic rings. The van der Waals surface area contributed by atoms with E-state index in [2.05, 4.69) is 109 Å². The van der Waals surface area contributed by atoms with Gasteiger partial charge in [-0.1, -0.05) is 72.3 Å². The lowest BCUT2D eigenvalue weighted by atomic mass is 9.94. The van der Waals surface area contributed by atoms with E-state index in [0.717, 1.165) is 12.8 Å². The van der Waals surface area contributed by atoms with Gasteiger partial charge in [-0.2, -0.15) is 0 Å². The highest BCUT2D eigenvalue weighted by atomic mass is 15.1. The summed E-state index contributed by atoms with van der Waals surface area (Å²) in [6.45, 7) is 2.15. The molecule has 1 nitrogen and oxygen atoms in total. The van der Waals surface area contributed by atoms with Crippen LogP contribution >= 0.6 is 0 Å². The second-order valence-electron chi connectivity index (χ2n) is 6.73. The topological polar surface area (TPSA) is 3.24 Å². The zero-order valence-electron chi connectivity index (χ0n) is 15.1. The summed E-state index contributed by atoms with van der Waals surface area (Å²) in [5.41, 5.74) is 7.81. The molecule has 0 N–H and O–H groups in total. The molecule has 0 heterocycles. The number of para-hydroxylation sites is 2. The summed E-state index contributed by atoms with van der Waals surface area (Å²) < 4.78 is 0. The van der Waals surface area contributed by atoms with Crippen LogP contribution in [0.1, 0.15) is 24.0 Å². The summed E-state index contributed by atoms with van der Waals surface area (Å²) in [7, 11) is 0. The van der Waals surface area contributed by atoms with Crippen molar-refractivity contribution in [2.75, 3.05) is 4.90 Å². The molecule has 0 fully saturated rings. The second-order valence-corrected chi connectivity index (χ2v) is 6.73. The van der Waals surface area contributed by atoms with Crippen LogP contribution in [-0.4, -0.2) is 0 Å². The fourth-order valence-electron chi connectivity index (χ4n) is 3.53. The van der Waals surface area contributed by atoms with Crippen molar-refractivity contribution in [1.82, 2.24) is 0 Å². The van der Waals surface area contributed by atoms with Gasteiger partial charge in [0.15, 0.2) is 0 Å². The summed E-state index contributed by atoms with van der Waals surface area (Å²) >= 11 is 0. The molecule has 4 rings (SSSR count). The summed E-state index contributed by atoms with van der Waals surface area (Å²) in [4.78, 5) is 2.36. The molecule has 0 aromatic heterocycles. The van der Waals surface area contributed by atoms with Crippen molar-refractivity contribution < 1.29 is 0 Å². The third kappa shape index (κ3) is 3.48. The van der Waals surface area contributed by atoms with Gasteiger partial charge < -0.3 is 4.90 Å². The number of hydrogen-bond donors (Lipinski definition) is 0. The van der Waals surface area contributed by atoms with Crippen molar-refractivity contribution in [2.24, 2.45) is 0 Å². The van der Waals surface area contributed by atoms with Crippen molar-refractivity contribution >= 4 is 16.9 Å². The van der Waals surface area contributed by atoms with E-state index in [1.54, 1.807) is 0 Å². The molecule has 0 unspecified atom stereocenters. The minimum Gasteiger partial charge on any atom is -0.314 e. The highest BCUT2D eigenvalue weighted by Gasteiger charge is 2.17. The van der Waals surface area contributed by atoms with E-state index in [4.69, 9.17) is 0 Å². The van der Waals surface area contributed by atoms with Gasteiger partial charge in [0, 0.05) is 17.1 Å². The molecule has 0 aliphatic heterocycles. The van der Waals surface area contributed by atoms with Crippen molar-refractivity contribution in [1.29, 1.82) is 0 Å². The number of aryl methyl sites for hydroxylation is 1. The number of rotatable bonds is 4. The molecule has 0 spiro atoms. The number of allylic oxidation sites excluding steroid dienone is 4. The third-order valence-corrected chi connectivity index (χ3v) is 4.83. The van der Waals surface area contributed by atoms with E-state index in [9.17, 15) is 0 Å². The Bertz CT molecular complexity index is 897. The van der Waals surface area contributed by atoms with Crippen molar-refractivity contribution in [3.8, 4) is 0 Å². The van der Waals surface area contributed by atoms with Gasteiger partial charge in [-0.05, 0) is 61.2 Å². The normalized spacial score (nSPS) is 13.7. The lowest BCUT2D eigenvalue weighted by Gasteiger charge is -2.30. The maximum Gasteiger partial charge on any atom is 0.0458 e. The Morgan fingerprint density at radius 3 is 1.85 bits per heavy atom. The highest BCUT2D eigenvalue weighted by Crippen LogP contribution is 2.35. The molecule has 1 heteroatoms. The Hall–Kier alpha value is -3.06. The SMILES string of the molecule is Cc1cccc(C2=CC=C(N(c3ccccc3)c3ccccc3)CC2)c1. The summed E-state index contributed by atoms with van der Waals surface area (Å²) in [5, 5.41) is 0. The van der Waals surface area contributed by atoms with Crippen LogP contribution < -0.4 is 4.90 Å². The maximum absolute atomic E-state index is 2.36. The zero-order valence-corrected chi connectivity index (χ0v) is 15.1. The van der Waals surface area contributed by atoms with Gasteiger partial charge in [0.25, 0.3) is 0 Å². The average Bonchev–Trinajstić information content (AvgIpc) is 2.70.